The summed E-state index contributed by atoms with van der Waals surface area (Å²) in [7, 11) is 1.38. The van der Waals surface area contributed by atoms with Gasteiger partial charge in [0.15, 0.2) is 22.7 Å². The summed E-state index contributed by atoms with van der Waals surface area (Å²) in [4.78, 5) is 14.7. The Morgan fingerprint density at radius 1 is 0.328 bits per heavy atom. The summed E-state index contributed by atoms with van der Waals surface area (Å²) >= 11 is 4.49. The summed E-state index contributed by atoms with van der Waals surface area (Å²) in [6, 6.07) is 15.7. The van der Waals surface area contributed by atoms with Gasteiger partial charge in [-0.05, 0) is 91.9 Å². The Morgan fingerprint density at radius 2 is 0.433 bits per heavy atom. The van der Waals surface area contributed by atoms with Gasteiger partial charge in [-0.1, -0.05) is 183 Å². The molecule has 0 unspecified atom stereocenters. The SMILES string of the molecule is [C-]#[N+]c1c(C(C)C)cc(C#C)cc1C(C)C.[C-]#[N+]c1c(C(C)C)cc(C#C)cc1C(C)C.[C-]#[N+]c1c(C(C)C)cc(C#C)cc1C(C)C.[C-]#[N+]c1c(C(C)C)cc(C#C)cc1C(C)C.[I][Co][I]. The molecular weight excluding hydrogens is 1090 g/mol. The van der Waals surface area contributed by atoms with Crippen molar-refractivity contribution in [3.8, 4) is 49.4 Å². The van der Waals surface area contributed by atoms with E-state index >= 15 is 0 Å². The predicted molar refractivity (Wildman–Crippen MR) is 303 cm³/mol. The molecule has 7 heteroatoms. The predicted octanol–water partition coefficient (Wildman–Crippen LogP) is 19.6. The Kier molecular flexibility index (Phi) is 28.9. The third kappa shape index (κ3) is 18.6. The van der Waals surface area contributed by atoms with Gasteiger partial charge in [0, 0.05) is 22.3 Å². The van der Waals surface area contributed by atoms with Crippen molar-refractivity contribution in [2.75, 3.05) is 0 Å². The summed E-state index contributed by atoms with van der Waals surface area (Å²) in [5, 5.41) is 0. The second-order valence-corrected chi connectivity index (χ2v) is 27.1. The molecule has 67 heavy (non-hydrogen) atoms. The molecule has 0 aromatic heterocycles. The number of hydrogen-bond acceptors (Lipinski definition) is 0. The third-order valence-electron chi connectivity index (χ3n) is 10.8. The van der Waals surface area contributed by atoms with Crippen molar-refractivity contribution in [2.24, 2.45) is 0 Å². The van der Waals surface area contributed by atoms with Gasteiger partial charge in [0.2, 0.25) is 0 Å². The van der Waals surface area contributed by atoms with Crippen molar-refractivity contribution >= 4 is 63.6 Å². The Hall–Kier alpha value is -4.95. The normalized spacial score (nSPS) is 10.1. The fourth-order valence-corrected chi connectivity index (χ4v) is 7.09. The van der Waals surface area contributed by atoms with Crippen LogP contribution in [0.4, 0.5) is 22.7 Å². The maximum atomic E-state index is 7.31. The van der Waals surface area contributed by atoms with Crippen molar-refractivity contribution in [1.29, 1.82) is 0 Å². The van der Waals surface area contributed by atoms with Crippen LogP contribution in [0.25, 0.3) is 19.4 Å². The van der Waals surface area contributed by atoms with Gasteiger partial charge in [0.25, 0.3) is 0 Å². The fraction of sp³-hybridized carbons (Fsp3) is 0.400. The number of rotatable bonds is 8. The van der Waals surface area contributed by atoms with Gasteiger partial charge in [0.05, 0.1) is 26.3 Å². The van der Waals surface area contributed by atoms with E-state index < -0.39 is 0 Å². The van der Waals surface area contributed by atoms with Gasteiger partial charge in [-0.25, -0.2) is 19.4 Å². The van der Waals surface area contributed by atoms with E-state index in [0.717, 1.165) is 89.5 Å². The molecule has 0 radical (unpaired) electrons. The van der Waals surface area contributed by atoms with Crippen LogP contribution in [-0.4, -0.2) is 0 Å². The van der Waals surface area contributed by atoms with Crippen LogP contribution < -0.4 is 0 Å². The van der Waals surface area contributed by atoms with Gasteiger partial charge in [-0.2, -0.15) is 0 Å². The van der Waals surface area contributed by atoms with E-state index in [-0.39, 0.29) is 0 Å². The van der Waals surface area contributed by atoms with Crippen LogP contribution in [0.5, 0.6) is 0 Å². The Bertz CT molecular complexity index is 2160. The van der Waals surface area contributed by atoms with E-state index in [9.17, 15) is 0 Å². The van der Waals surface area contributed by atoms with Crippen molar-refractivity contribution in [3.63, 3.8) is 0 Å². The first-order chi connectivity index (χ1) is 31.4. The molecule has 0 bridgehead atoms. The zero-order valence-electron chi connectivity index (χ0n) is 42.4. The number of halogens is 2. The van der Waals surface area contributed by atoms with Crippen LogP contribution in [-0.2, 0) is 8.26 Å². The molecule has 4 aromatic carbocycles. The van der Waals surface area contributed by atoms with Crippen LogP contribution in [0, 0.1) is 75.7 Å². The average Bonchev–Trinajstić information content (AvgIpc) is 3.29. The van der Waals surface area contributed by atoms with Gasteiger partial charge >= 0.3 is 49.1 Å². The van der Waals surface area contributed by atoms with E-state index in [1.165, 1.54) is 8.26 Å². The standard InChI is InChI=1S/4C15H17N.Co.2HI/c4*1-7-12-8-13(10(2)3)15(16-6)14(9-12)11(4)5;;;/h4*1,8-11H,2-5H3;;2*1H/q;;;;+2;;/p-2. The second-order valence-electron chi connectivity index (χ2n) is 18.3. The van der Waals surface area contributed by atoms with Crippen LogP contribution in [0.2, 0.25) is 0 Å². The van der Waals surface area contributed by atoms with Crippen LogP contribution in [0.3, 0.4) is 0 Å². The summed E-state index contributed by atoms with van der Waals surface area (Å²) < 4.78 is 0. The molecule has 0 N–H and O–H groups in total. The summed E-state index contributed by atoms with van der Waals surface area (Å²) in [6.07, 6.45) is 21.8. The third-order valence-corrected chi connectivity index (χ3v) is 10.8. The van der Waals surface area contributed by atoms with E-state index in [0.29, 0.717) is 47.3 Å². The monoisotopic (exact) mass is 1160 g/mol. The van der Waals surface area contributed by atoms with Crippen LogP contribution in [0.15, 0.2) is 48.5 Å². The van der Waals surface area contributed by atoms with Crippen molar-refractivity contribution in [2.45, 2.75) is 158 Å². The van der Waals surface area contributed by atoms with Crippen molar-refractivity contribution < 1.29 is 8.26 Å². The molecule has 4 rings (SSSR count). The van der Waals surface area contributed by atoms with Gasteiger partial charge in [-0.15, -0.1) is 25.7 Å². The summed E-state index contributed by atoms with van der Waals surface area (Å²) in [5.74, 6) is 13.3. The fourth-order valence-electron chi connectivity index (χ4n) is 7.09. The van der Waals surface area contributed by atoms with Gasteiger partial charge < -0.3 is 0 Å². The minimum atomic E-state index is 0.329. The van der Waals surface area contributed by atoms with Crippen LogP contribution >= 0.6 is 40.8 Å². The topological polar surface area (TPSA) is 17.4 Å². The van der Waals surface area contributed by atoms with Gasteiger partial charge in [-0.3, -0.25) is 0 Å². The second kappa shape index (κ2) is 31.2. The molecule has 0 saturated heterocycles. The molecular formula is C60H68CoI2N4. The molecule has 0 saturated carbocycles. The maximum absolute atomic E-state index is 7.31. The number of nitrogens with zero attached hydrogens (tertiary/aromatic N) is 4. The van der Waals surface area contributed by atoms with Crippen LogP contribution in [0.1, 0.15) is 225 Å². The molecule has 0 amide bonds. The molecule has 0 heterocycles. The first kappa shape index (κ1) is 62.0. The van der Waals surface area contributed by atoms with E-state index in [2.05, 4.69) is 195 Å². The molecule has 0 aliphatic carbocycles. The molecule has 351 valence electrons. The van der Waals surface area contributed by atoms with E-state index in [1.807, 2.05) is 48.5 Å². The summed E-state index contributed by atoms with van der Waals surface area (Å²) in [6.45, 7) is 62.7. The molecule has 0 aliphatic heterocycles. The Morgan fingerprint density at radius 3 is 0.493 bits per heavy atom. The Balaban J connectivity index is 0.000000849. The molecule has 4 nitrogen and oxygen atoms in total. The molecule has 4 aromatic rings. The first-order valence-electron chi connectivity index (χ1n) is 22.4. The van der Waals surface area contributed by atoms with Gasteiger partial charge in [0.1, 0.15) is 0 Å². The van der Waals surface area contributed by atoms with E-state index in [1.54, 1.807) is 0 Å². The number of benzene rings is 4. The number of hydrogen-bond donors (Lipinski definition) is 0. The zero-order chi connectivity index (χ0) is 51.9. The van der Waals surface area contributed by atoms with E-state index in [4.69, 9.17) is 52.0 Å². The van der Waals surface area contributed by atoms with Crippen molar-refractivity contribution in [1.82, 2.24) is 0 Å². The minimum absolute atomic E-state index is 0.329. The molecule has 0 fully saturated rings. The summed E-state index contributed by atoms with van der Waals surface area (Å²) in [5.41, 5.74) is 15.1. The first-order valence-corrected chi connectivity index (χ1v) is 29.1. The Labute approximate surface area is 436 Å². The molecule has 0 spiro atoms. The quantitative estimate of drug-likeness (QED) is 0.0951. The average molecular weight is 1160 g/mol. The molecule has 0 aliphatic rings. The number of terminal acetylenes is 4. The molecule has 0 atom stereocenters. The van der Waals surface area contributed by atoms with Crippen molar-refractivity contribution in [3.05, 3.63) is 161 Å². The zero-order valence-corrected chi connectivity index (χ0v) is 47.8.